The third-order valence-corrected chi connectivity index (χ3v) is 4.12. The largest absolute Gasteiger partial charge is 0.367 e. The minimum Gasteiger partial charge on any atom is -0.367 e. The highest BCUT2D eigenvalue weighted by molar-refractivity contribution is 9.10. The van der Waals surface area contributed by atoms with Gasteiger partial charge in [-0.25, -0.2) is 9.97 Å². The van der Waals surface area contributed by atoms with Gasteiger partial charge in [0.25, 0.3) is 0 Å². The van der Waals surface area contributed by atoms with Crippen LogP contribution in [0, 0.1) is 0 Å². The highest BCUT2D eigenvalue weighted by Gasteiger charge is 2.22. The molecule has 1 aliphatic rings. The molecule has 1 aliphatic carbocycles. The summed E-state index contributed by atoms with van der Waals surface area (Å²) in [5.74, 6) is 1.60. The lowest BCUT2D eigenvalue weighted by Crippen LogP contribution is -2.05. The average Bonchev–Trinajstić information content (AvgIpc) is 3.39. The van der Waals surface area contributed by atoms with Gasteiger partial charge in [-0.05, 0) is 34.8 Å². The molecular formula is C18H15BrN4. The molecule has 2 heterocycles. The van der Waals surface area contributed by atoms with Gasteiger partial charge in [0.15, 0.2) is 5.82 Å². The molecule has 1 saturated carbocycles. The maximum Gasteiger partial charge on any atom is 0.162 e. The molecule has 0 unspecified atom stereocenters. The van der Waals surface area contributed by atoms with Crippen LogP contribution in [0.25, 0.3) is 22.6 Å². The second-order valence-electron chi connectivity index (χ2n) is 5.64. The van der Waals surface area contributed by atoms with Crippen molar-refractivity contribution in [3.63, 3.8) is 0 Å². The van der Waals surface area contributed by atoms with E-state index >= 15 is 0 Å². The van der Waals surface area contributed by atoms with Gasteiger partial charge in [-0.15, -0.1) is 0 Å². The Morgan fingerprint density at radius 1 is 0.957 bits per heavy atom. The molecule has 114 valence electrons. The van der Waals surface area contributed by atoms with E-state index in [0.29, 0.717) is 6.04 Å². The van der Waals surface area contributed by atoms with Gasteiger partial charge in [0, 0.05) is 40.1 Å². The number of nitrogens with one attached hydrogen (secondary N) is 1. The summed E-state index contributed by atoms with van der Waals surface area (Å²) < 4.78 is 0.937. The molecular weight excluding hydrogens is 352 g/mol. The van der Waals surface area contributed by atoms with Crippen LogP contribution in [-0.4, -0.2) is 21.0 Å². The summed E-state index contributed by atoms with van der Waals surface area (Å²) in [6, 6.07) is 14.6. The first-order valence-electron chi connectivity index (χ1n) is 7.60. The Morgan fingerprint density at radius 3 is 2.52 bits per heavy atom. The molecule has 23 heavy (non-hydrogen) atoms. The Bertz CT molecular complexity index is 831. The van der Waals surface area contributed by atoms with E-state index in [-0.39, 0.29) is 0 Å². The van der Waals surface area contributed by atoms with Gasteiger partial charge in [0.2, 0.25) is 0 Å². The summed E-state index contributed by atoms with van der Waals surface area (Å²) in [5.41, 5.74) is 2.85. The quantitative estimate of drug-likeness (QED) is 0.736. The lowest BCUT2D eigenvalue weighted by atomic mass is 10.1. The van der Waals surface area contributed by atoms with Crippen molar-refractivity contribution in [2.45, 2.75) is 18.9 Å². The standard InChI is InChI=1S/C18H15BrN4/c19-14-8-13(10-20-11-14)16-9-17(21-15-6-7-15)23-18(22-16)12-4-2-1-3-5-12/h1-5,8-11,15H,6-7H2,(H,21,22,23). The molecule has 0 amide bonds. The van der Waals surface area contributed by atoms with E-state index < -0.39 is 0 Å². The van der Waals surface area contributed by atoms with Crippen molar-refractivity contribution in [3.8, 4) is 22.6 Å². The summed E-state index contributed by atoms with van der Waals surface area (Å²) in [7, 11) is 0. The highest BCUT2D eigenvalue weighted by atomic mass is 79.9. The van der Waals surface area contributed by atoms with Gasteiger partial charge >= 0.3 is 0 Å². The maximum absolute atomic E-state index is 4.73. The number of hydrogen-bond donors (Lipinski definition) is 1. The van der Waals surface area contributed by atoms with Crippen molar-refractivity contribution in [2.75, 3.05) is 5.32 Å². The van der Waals surface area contributed by atoms with Crippen LogP contribution in [0.2, 0.25) is 0 Å². The fourth-order valence-corrected chi connectivity index (χ4v) is 2.74. The molecule has 0 bridgehead atoms. The number of nitrogens with zero attached hydrogens (tertiary/aromatic N) is 3. The number of benzene rings is 1. The molecule has 0 atom stereocenters. The van der Waals surface area contributed by atoms with Crippen molar-refractivity contribution in [3.05, 3.63) is 59.3 Å². The molecule has 4 rings (SSSR count). The molecule has 4 nitrogen and oxygen atoms in total. The molecule has 3 aromatic rings. The van der Waals surface area contributed by atoms with Gasteiger partial charge in [-0.1, -0.05) is 30.3 Å². The number of anilines is 1. The first kappa shape index (κ1) is 14.3. The molecule has 0 radical (unpaired) electrons. The Labute approximate surface area is 143 Å². The summed E-state index contributed by atoms with van der Waals surface area (Å²) in [4.78, 5) is 13.6. The molecule has 0 spiro atoms. The highest BCUT2D eigenvalue weighted by Crippen LogP contribution is 2.29. The van der Waals surface area contributed by atoms with Crippen LogP contribution in [0.1, 0.15) is 12.8 Å². The van der Waals surface area contributed by atoms with Crippen molar-refractivity contribution >= 4 is 21.7 Å². The lowest BCUT2D eigenvalue weighted by molar-refractivity contribution is 1.09. The van der Waals surface area contributed by atoms with E-state index in [1.54, 1.807) is 6.20 Å². The first-order valence-corrected chi connectivity index (χ1v) is 8.39. The molecule has 1 aromatic carbocycles. The molecule has 2 aromatic heterocycles. The number of pyridine rings is 1. The zero-order valence-corrected chi connectivity index (χ0v) is 14.0. The van der Waals surface area contributed by atoms with Crippen LogP contribution < -0.4 is 5.32 Å². The minimum atomic E-state index is 0.544. The van der Waals surface area contributed by atoms with Crippen LogP contribution in [0.5, 0.6) is 0 Å². The SMILES string of the molecule is Brc1cncc(-c2cc(NC3CC3)nc(-c3ccccc3)n2)c1. The van der Waals surface area contributed by atoms with Gasteiger partial charge in [0.1, 0.15) is 5.82 Å². The molecule has 0 aliphatic heterocycles. The number of hydrogen-bond acceptors (Lipinski definition) is 4. The monoisotopic (exact) mass is 366 g/mol. The van der Waals surface area contributed by atoms with Crippen LogP contribution in [-0.2, 0) is 0 Å². The van der Waals surface area contributed by atoms with Gasteiger partial charge < -0.3 is 5.32 Å². The normalized spacial score (nSPS) is 13.8. The number of aromatic nitrogens is 3. The summed E-state index contributed by atoms with van der Waals surface area (Å²) in [6.07, 6.45) is 6.01. The molecule has 0 saturated heterocycles. The lowest BCUT2D eigenvalue weighted by Gasteiger charge is -2.10. The number of rotatable bonds is 4. The van der Waals surface area contributed by atoms with E-state index in [0.717, 1.165) is 32.9 Å². The molecule has 5 heteroatoms. The predicted molar refractivity (Wildman–Crippen MR) is 95.0 cm³/mol. The topological polar surface area (TPSA) is 50.7 Å². The second kappa shape index (κ2) is 6.08. The van der Waals surface area contributed by atoms with E-state index in [1.807, 2.05) is 48.7 Å². The molecule has 1 fully saturated rings. The third-order valence-electron chi connectivity index (χ3n) is 3.69. The van der Waals surface area contributed by atoms with Crippen LogP contribution >= 0.6 is 15.9 Å². The Balaban J connectivity index is 1.81. The minimum absolute atomic E-state index is 0.544. The summed E-state index contributed by atoms with van der Waals surface area (Å²) in [5, 5.41) is 3.47. The average molecular weight is 367 g/mol. The Kier molecular flexibility index (Phi) is 3.79. The van der Waals surface area contributed by atoms with Crippen molar-refractivity contribution < 1.29 is 0 Å². The van der Waals surface area contributed by atoms with Gasteiger partial charge in [-0.2, -0.15) is 0 Å². The van der Waals surface area contributed by atoms with E-state index in [9.17, 15) is 0 Å². The fourth-order valence-electron chi connectivity index (χ4n) is 2.37. The first-order chi connectivity index (χ1) is 11.3. The van der Waals surface area contributed by atoms with Gasteiger partial charge in [-0.3, -0.25) is 4.98 Å². The summed E-state index contributed by atoms with van der Waals surface area (Å²) in [6.45, 7) is 0. The third kappa shape index (κ3) is 3.40. The van der Waals surface area contributed by atoms with Crippen LogP contribution in [0.4, 0.5) is 5.82 Å². The smallest absolute Gasteiger partial charge is 0.162 e. The zero-order valence-electron chi connectivity index (χ0n) is 12.4. The Morgan fingerprint density at radius 2 is 1.78 bits per heavy atom. The molecule has 1 N–H and O–H groups in total. The van der Waals surface area contributed by atoms with E-state index in [2.05, 4.69) is 31.2 Å². The zero-order chi connectivity index (χ0) is 15.6. The van der Waals surface area contributed by atoms with Crippen molar-refractivity contribution in [1.29, 1.82) is 0 Å². The number of halogens is 1. The van der Waals surface area contributed by atoms with Crippen LogP contribution in [0.3, 0.4) is 0 Å². The summed E-state index contributed by atoms with van der Waals surface area (Å²) >= 11 is 3.47. The van der Waals surface area contributed by atoms with Crippen LogP contribution in [0.15, 0.2) is 59.3 Å². The second-order valence-corrected chi connectivity index (χ2v) is 6.55. The van der Waals surface area contributed by atoms with Crippen molar-refractivity contribution in [2.24, 2.45) is 0 Å². The maximum atomic E-state index is 4.73. The van der Waals surface area contributed by atoms with Crippen molar-refractivity contribution in [1.82, 2.24) is 15.0 Å². The predicted octanol–water partition coefficient (Wildman–Crippen LogP) is 4.54. The van der Waals surface area contributed by atoms with E-state index in [4.69, 9.17) is 4.98 Å². The van der Waals surface area contributed by atoms with E-state index in [1.165, 1.54) is 12.8 Å². The fraction of sp³-hybridized carbons (Fsp3) is 0.167. The van der Waals surface area contributed by atoms with Gasteiger partial charge in [0.05, 0.1) is 5.69 Å². The Hall–Kier alpha value is -2.27.